The van der Waals surface area contributed by atoms with Crippen LogP contribution in [0.3, 0.4) is 0 Å². The fourth-order valence-corrected chi connectivity index (χ4v) is 13.0. The van der Waals surface area contributed by atoms with E-state index in [1.165, 1.54) is 11.1 Å². The summed E-state index contributed by atoms with van der Waals surface area (Å²) in [5, 5.41) is 4.43. The molecule has 2 saturated carbocycles. The zero-order chi connectivity index (χ0) is 43.7. The number of hydrogen-bond donors (Lipinski definition) is 0. The molecule has 0 saturated heterocycles. The van der Waals surface area contributed by atoms with Gasteiger partial charge in [-0.25, -0.2) is 0 Å². The molecule has 0 aliphatic heterocycles. The Kier molecular flexibility index (Phi) is 13.8. The Hall–Kier alpha value is -4.18. The van der Waals surface area contributed by atoms with Crippen molar-refractivity contribution in [1.29, 1.82) is 0 Å². The third-order valence-electron chi connectivity index (χ3n) is 13.4. The molecule has 8 rings (SSSR count). The van der Waals surface area contributed by atoms with Crippen LogP contribution in [0.4, 0.5) is 0 Å². The number of benzene rings is 6. The Morgan fingerprint density at radius 2 is 0.742 bits per heavy atom. The maximum Gasteiger partial charge on any atom is 0.463 e. The molecule has 0 spiro atoms. The summed E-state index contributed by atoms with van der Waals surface area (Å²) in [7, 11) is -3.74. The monoisotopic (exact) mass is 870 g/mol. The van der Waals surface area contributed by atoms with E-state index < -0.39 is 17.2 Å². The van der Waals surface area contributed by atoms with Crippen molar-refractivity contribution in [2.24, 2.45) is 35.5 Å². The average Bonchev–Trinajstić information content (AvgIpc) is 3.24. The second kappa shape index (κ2) is 19.3. The normalized spacial score (nSPS) is 25.0. The van der Waals surface area contributed by atoms with Crippen LogP contribution in [0, 0.1) is 77.0 Å². The highest BCUT2D eigenvalue weighted by Gasteiger charge is 2.49. The average molecular weight is 871 g/mol. The van der Waals surface area contributed by atoms with Gasteiger partial charge < -0.3 is 18.1 Å². The lowest BCUT2D eigenvalue weighted by Crippen LogP contribution is -2.48. The smallest absolute Gasteiger partial charge is 0.417 e. The van der Waals surface area contributed by atoms with E-state index in [0.717, 1.165) is 92.5 Å². The second-order valence-corrected chi connectivity index (χ2v) is 20.8. The first-order valence-electron chi connectivity index (χ1n) is 22.6. The third kappa shape index (κ3) is 9.95. The van der Waals surface area contributed by atoms with Gasteiger partial charge in [-0.05, 0) is 171 Å². The molecule has 0 radical (unpaired) electrons. The minimum absolute atomic E-state index is 0.124. The zero-order valence-electron chi connectivity index (χ0n) is 38.2. The van der Waals surface area contributed by atoms with Crippen LogP contribution in [0.5, 0.6) is 23.0 Å². The molecule has 0 N–H and O–H groups in total. The Morgan fingerprint density at radius 1 is 0.387 bits per heavy atom. The topological polar surface area (TPSA) is 55.4 Å². The molecule has 2 fully saturated rings. The van der Waals surface area contributed by atoms with Crippen LogP contribution >= 0.6 is 17.2 Å². The molecule has 2 aliphatic rings. The molecule has 6 aromatic rings. The Balaban J connectivity index is 1.15. The predicted octanol–water partition coefficient (Wildman–Crippen LogP) is 16.0. The number of fused-ring (bicyclic) bond motifs is 2. The van der Waals surface area contributed by atoms with Crippen molar-refractivity contribution >= 4 is 38.7 Å². The van der Waals surface area contributed by atoms with Gasteiger partial charge in [-0.15, -0.1) is 0 Å². The lowest BCUT2D eigenvalue weighted by molar-refractivity contribution is -0.0733. The highest BCUT2D eigenvalue weighted by molar-refractivity contribution is 7.43. The van der Waals surface area contributed by atoms with Gasteiger partial charge in [0, 0.05) is 10.8 Å². The molecule has 10 unspecified atom stereocenters. The lowest BCUT2D eigenvalue weighted by Gasteiger charge is -2.49. The van der Waals surface area contributed by atoms with Crippen molar-refractivity contribution in [3.05, 3.63) is 143 Å². The molecule has 6 aromatic carbocycles. The van der Waals surface area contributed by atoms with E-state index in [1.54, 1.807) is 0 Å². The van der Waals surface area contributed by atoms with E-state index >= 15 is 0 Å². The van der Waals surface area contributed by atoms with Gasteiger partial charge in [-0.1, -0.05) is 113 Å². The van der Waals surface area contributed by atoms with E-state index in [9.17, 15) is 0 Å². The number of aryl methyl sites for hydroxylation is 6. The minimum Gasteiger partial charge on any atom is -0.417 e. The van der Waals surface area contributed by atoms with Crippen molar-refractivity contribution in [3.63, 3.8) is 0 Å². The van der Waals surface area contributed by atoms with Gasteiger partial charge >= 0.3 is 17.2 Å². The summed E-state index contributed by atoms with van der Waals surface area (Å²) in [5.41, 5.74) is 6.77. The highest BCUT2D eigenvalue weighted by Crippen LogP contribution is 2.56. The quantitative estimate of drug-likeness (QED) is 0.108. The predicted molar refractivity (Wildman–Crippen MR) is 257 cm³/mol. The molecule has 10 atom stereocenters. The maximum atomic E-state index is 7.41. The first-order valence-corrected chi connectivity index (χ1v) is 24.8. The summed E-state index contributed by atoms with van der Waals surface area (Å²) >= 11 is 0. The van der Waals surface area contributed by atoms with Crippen molar-refractivity contribution in [2.45, 2.75) is 107 Å². The van der Waals surface area contributed by atoms with Gasteiger partial charge in [0.15, 0.2) is 0 Å². The standard InChI is InChI=1S/C54H64O6P2/c1-33-19-21-39(7)51(31-33)57-61(55-49-25-23-37(5)43-15-11-13-17-45(43)49)59-53-41(9)27-35(3)29-47(53)48-30-36(4)28-42(10)54(48)60-62(58-52-32-34(2)20-22-40(52)8)56-50-26-24-38(6)44-16-12-14-18-46(44)50/h11-26,31-32,35-36,41-42,47-48,53-54H,27-30H2,1-10H3. The summed E-state index contributed by atoms with van der Waals surface area (Å²) in [6.07, 6.45) is 3.94. The molecule has 2 aliphatic carbocycles. The van der Waals surface area contributed by atoms with Gasteiger partial charge in [0.2, 0.25) is 0 Å². The molecule has 0 bridgehead atoms. The van der Waals surface area contributed by atoms with Crippen molar-refractivity contribution < 1.29 is 27.1 Å². The molecule has 62 heavy (non-hydrogen) atoms. The molecule has 0 aromatic heterocycles. The largest absolute Gasteiger partial charge is 0.463 e. The molecule has 6 nitrogen and oxygen atoms in total. The second-order valence-electron chi connectivity index (χ2n) is 18.8. The van der Waals surface area contributed by atoms with Crippen LogP contribution < -0.4 is 18.1 Å². The van der Waals surface area contributed by atoms with E-state index in [4.69, 9.17) is 27.1 Å². The van der Waals surface area contributed by atoms with Crippen LogP contribution in [-0.2, 0) is 9.05 Å². The molecular formula is C54H64O6P2. The van der Waals surface area contributed by atoms with Gasteiger partial charge in [0.05, 0.1) is 12.2 Å². The minimum atomic E-state index is -1.87. The maximum absolute atomic E-state index is 7.41. The number of rotatable bonds is 13. The summed E-state index contributed by atoms with van der Waals surface area (Å²) < 4.78 is 42.6. The Labute approximate surface area is 372 Å². The first kappa shape index (κ1) is 44.4. The zero-order valence-corrected chi connectivity index (χ0v) is 40.0. The Morgan fingerprint density at radius 3 is 1.15 bits per heavy atom. The SMILES string of the molecule is Cc1ccc(C)c(OP(Oc2ccc(C)c3ccccc23)OC2C(C)CC(C)CC2C2CC(C)CC(C)C2OP(Oc2cc(C)ccc2C)Oc2ccc(C)c3ccccc23)c1. The molecule has 0 heterocycles. The third-order valence-corrected chi connectivity index (χ3v) is 15.6. The fraction of sp³-hybridized carbons (Fsp3) is 0.407. The number of hydrogen-bond acceptors (Lipinski definition) is 6. The highest BCUT2D eigenvalue weighted by atomic mass is 31.2. The molecule has 326 valence electrons. The van der Waals surface area contributed by atoms with Crippen molar-refractivity contribution in [2.75, 3.05) is 0 Å². The molecular weight excluding hydrogens is 807 g/mol. The summed E-state index contributed by atoms with van der Waals surface area (Å²) in [6.45, 7) is 22.2. The van der Waals surface area contributed by atoms with Crippen LogP contribution in [0.2, 0.25) is 0 Å². The molecule has 0 amide bonds. The van der Waals surface area contributed by atoms with Crippen molar-refractivity contribution in [1.82, 2.24) is 0 Å². The first-order chi connectivity index (χ1) is 29.8. The van der Waals surface area contributed by atoms with Crippen LogP contribution in [0.15, 0.2) is 109 Å². The van der Waals surface area contributed by atoms with Crippen molar-refractivity contribution in [3.8, 4) is 23.0 Å². The fourth-order valence-electron chi connectivity index (χ4n) is 10.2. The van der Waals surface area contributed by atoms with E-state index in [2.05, 4.69) is 178 Å². The van der Waals surface area contributed by atoms with E-state index in [-0.39, 0.29) is 35.9 Å². The summed E-state index contributed by atoms with van der Waals surface area (Å²) in [5.74, 6) is 5.08. The van der Waals surface area contributed by atoms with E-state index in [1.807, 2.05) is 0 Å². The van der Waals surface area contributed by atoms with E-state index in [0.29, 0.717) is 11.8 Å². The van der Waals surface area contributed by atoms with Crippen LogP contribution in [0.1, 0.15) is 86.8 Å². The van der Waals surface area contributed by atoms with Crippen LogP contribution in [0.25, 0.3) is 21.5 Å². The lowest BCUT2D eigenvalue weighted by atomic mass is 9.62. The van der Waals surface area contributed by atoms with Crippen LogP contribution in [-0.4, -0.2) is 12.2 Å². The molecule has 8 heteroatoms. The van der Waals surface area contributed by atoms with Gasteiger partial charge in [0.1, 0.15) is 23.0 Å². The van der Waals surface area contributed by atoms with Gasteiger partial charge in [-0.3, -0.25) is 9.05 Å². The summed E-state index contributed by atoms with van der Waals surface area (Å²) in [6, 6.07) is 37.9. The van der Waals surface area contributed by atoms with Gasteiger partial charge in [0.25, 0.3) is 0 Å². The van der Waals surface area contributed by atoms with Gasteiger partial charge in [-0.2, -0.15) is 0 Å². The Bertz CT molecular complexity index is 2330. The summed E-state index contributed by atoms with van der Waals surface area (Å²) in [4.78, 5) is 0.